The average Bonchev–Trinajstić information content (AvgIpc) is 2.09. The second-order valence-corrected chi connectivity index (χ2v) is 2.46. The lowest BCUT2D eigenvalue weighted by Gasteiger charge is -1.86. The lowest BCUT2D eigenvalue weighted by Crippen LogP contribution is -1.87. The molecule has 0 unspecified atom stereocenters. The van der Waals surface area contributed by atoms with Gasteiger partial charge in [0.05, 0.1) is 5.56 Å². The molecular formula is C8H7FN2S. The molecule has 0 aromatic carbocycles. The molecule has 0 aliphatic heterocycles. The minimum Gasteiger partial charge on any atom is -0.209 e. The van der Waals surface area contributed by atoms with Gasteiger partial charge in [-0.05, 0) is 0 Å². The van der Waals surface area contributed by atoms with E-state index in [9.17, 15) is 4.39 Å². The Kier molecular flexibility index (Phi) is 3.55. The number of aromatic nitrogens is 2. The van der Waals surface area contributed by atoms with Crippen LogP contribution in [0.15, 0.2) is 12.4 Å². The highest BCUT2D eigenvalue weighted by atomic mass is 32.1. The number of rotatable bonds is 1. The highest BCUT2D eigenvalue weighted by Crippen LogP contribution is 1.92. The van der Waals surface area contributed by atoms with E-state index in [2.05, 4.69) is 34.4 Å². The van der Waals surface area contributed by atoms with Crippen LogP contribution in [0.1, 0.15) is 12.0 Å². The SMILES string of the molecule is Fc1ncc(C#CCCS)cn1. The van der Waals surface area contributed by atoms with Gasteiger partial charge in [0.15, 0.2) is 0 Å². The molecule has 4 heteroatoms. The van der Waals surface area contributed by atoms with Crippen molar-refractivity contribution in [3.63, 3.8) is 0 Å². The Bertz CT molecular complexity index is 299. The fraction of sp³-hybridized carbons (Fsp3) is 0.250. The first-order valence-electron chi connectivity index (χ1n) is 3.40. The van der Waals surface area contributed by atoms with Gasteiger partial charge in [0.1, 0.15) is 0 Å². The van der Waals surface area contributed by atoms with Crippen LogP contribution >= 0.6 is 12.6 Å². The Balaban J connectivity index is 2.66. The van der Waals surface area contributed by atoms with Crippen molar-refractivity contribution in [3.8, 4) is 11.8 Å². The molecule has 1 aromatic rings. The third kappa shape index (κ3) is 2.89. The fourth-order valence-corrected chi connectivity index (χ4v) is 0.709. The zero-order valence-electron chi connectivity index (χ0n) is 6.29. The molecular weight excluding hydrogens is 175 g/mol. The highest BCUT2D eigenvalue weighted by molar-refractivity contribution is 7.80. The molecule has 0 spiro atoms. The van der Waals surface area contributed by atoms with E-state index >= 15 is 0 Å². The first kappa shape index (κ1) is 9.01. The molecule has 0 aliphatic carbocycles. The topological polar surface area (TPSA) is 25.8 Å². The molecule has 1 rings (SSSR count). The van der Waals surface area contributed by atoms with Gasteiger partial charge >= 0.3 is 6.08 Å². The summed E-state index contributed by atoms with van der Waals surface area (Å²) in [4.78, 5) is 6.72. The van der Waals surface area contributed by atoms with E-state index in [1.54, 1.807) is 0 Å². The normalized spacial score (nSPS) is 8.83. The summed E-state index contributed by atoms with van der Waals surface area (Å²) in [5, 5.41) is 0. The number of nitrogens with zero attached hydrogens (tertiary/aromatic N) is 2. The van der Waals surface area contributed by atoms with E-state index in [1.807, 2.05) is 0 Å². The van der Waals surface area contributed by atoms with Crippen molar-refractivity contribution in [2.45, 2.75) is 6.42 Å². The number of hydrogen-bond donors (Lipinski definition) is 1. The van der Waals surface area contributed by atoms with Crippen LogP contribution in [0.25, 0.3) is 0 Å². The van der Waals surface area contributed by atoms with E-state index < -0.39 is 6.08 Å². The molecule has 0 radical (unpaired) electrons. The molecule has 62 valence electrons. The first-order valence-corrected chi connectivity index (χ1v) is 4.03. The van der Waals surface area contributed by atoms with Crippen molar-refractivity contribution in [2.24, 2.45) is 0 Å². The van der Waals surface area contributed by atoms with Crippen LogP contribution in [0.3, 0.4) is 0 Å². The predicted molar refractivity (Wildman–Crippen MR) is 47.3 cm³/mol. The molecule has 2 nitrogen and oxygen atoms in total. The minimum absolute atomic E-state index is 0.623. The van der Waals surface area contributed by atoms with Gasteiger partial charge in [0, 0.05) is 24.6 Å². The Hall–Kier alpha value is -1.08. The maximum atomic E-state index is 12.2. The maximum Gasteiger partial charge on any atom is 0.308 e. The Morgan fingerprint density at radius 2 is 2.08 bits per heavy atom. The molecule has 0 amide bonds. The van der Waals surface area contributed by atoms with Crippen LogP contribution in [0.4, 0.5) is 4.39 Å². The van der Waals surface area contributed by atoms with E-state index in [1.165, 1.54) is 12.4 Å². The molecule has 12 heavy (non-hydrogen) atoms. The van der Waals surface area contributed by atoms with E-state index in [0.717, 1.165) is 5.75 Å². The van der Waals surface area contributed by atoms with Crippen molar-refractivity contribution in [2.75, 3.05) is 5.75 Å². The summed E-state index contributed by atoms with van der Waals surface area (Å²) in [5.41, 5.74) is 0.623. The standard InChI is InChI=1S/C8H7FN2S/c9-8-10-5-7(6-11-8)3-1-2-4-12/h5-6,12H,2,4H2. The zero-order valence-corrected chi connectivity index (χ0v) is 7.18. The highest BCUT2D eigenvalue weighted by Gasteiger charge is 1.90. The molecule has 0 atom stereocenters. The van der Waals surface area contributed by atoms with Gasteiger partial charge in [0.2, 0.25) is 0 Å². The van der Waals surface area contributed by atoms with Gasteiger partial charge in [0.25, 0.3) is 0 Å². The van der Waals surface area contributed by atoms with Crippen LogP contribution < -0.4 is 0 Å². The number of halogens is 1. The monoisotopic (exact) mass is 182 g/mol. The zero-order chi connectivity index (χ0) is 8.81. The molecule has 0 saturated carbocycles. The van der Waals surface area contributed by atoms with Crippen molar-refractivity contribution in [1.82, 2.24) is 9.97 Å². The first-order chi connectivity index (χ1) is 5.83. The summed E-state index contributed by atoms with van der Waals surface area (Å²) in [6, 6.07) is 0. The lowest BCUT2D eigenvalue weighted by molar-refractivity contribution is 0.538. The van der Waals surface area contributed by atoms with Crippen LogP contribution in [0.2, 0.25) is 0 Å². The molecule has 1 aromatic heterocycles. The largest absolute Gasteiger partial charge is 0.308 e. The van der Waals surface area contributed by atoms with Gasteiger partial charge in [-0.25, -0.2) is 9.97 Å². The summed E-state index contributed by atoms with van der Waals surface area (Å²) in [7, 11) is 0. The van der Waals surface area contributed by atoms with Crippen LogP contribution in [0, 0.1) is 17.9 Å². The third-order valence-corrected chi connectivity index (χ3v) is 1.31. The summed E-state index contributed by atoms with van der Waals surface area (Å²) < 4.78 is 12.2. The predicted octanol–water partition coefficient (Wildman–Crippen LogP) is 1.29. The number of hydrogen-bond acceptors (Lipinski definition) is 3. The van der Waals surface area contributed by atoms with E-state index in [-0.39, 0.29) is 0 Å². The number of thiol groups is 1. The van der Waals surface area contributed by atoms with E-state index in [0.29, 0.717) is 12.0 Å². The van der Waals surface area contributed by atoms with Gasteiger partial charge < -0.3 is 0 Å². The van der Waals surface area contributed by atoms with Gasteiger partial charge in [-0.3, -0.25) is 0 Å². The fourth-order valence-electron chi connectivity index (χ4n) is 0.597. The summed E-state index contributed by atoms with van der Waals surface area (Å²) in [5.74, 6) is 6.34. The van der Waals surface area contributed by atoms with Crippen LogP contribution in [-0.4, -0.2) is 15.7 Å². The molecule has 0 fully saturated rings. The quantitative estimate of drug-likeness (QED) is 0.402. The Morgan fingerprint density at radius 1 is 1.42 bits per heavy atom. The molecule has 1 heterocycles. The van der Waals surface area contributed by atoms with Crippen LogP contribution in [0.5, 0.6) is 0 Å². The summed E-state index contributed by atoms with van der Waals surface area (Å²) in [6.07, 6.45) is 2.69. The summed E-state index contributed by atoms with van der Waals surface area (Å²) in [6.45, 7) is 0. The van der Waals surface area contributed by atoms with E-state index in [4.69, 9.17) is 0 Å². The summed E-state index contributed by atoms with van der Waals surface area (Å²) >= 11 is 3.99. The molecule has 0 aliphatic rings. The smallest absolute Gasteiger partial charge is 0.209 e. The average molecular weight is 182 g/mol. The Morgan fingerprint density at radius 3 is 2.67 bits per heavy atom. The lowest BCUT2D eigenvalue weighted by atomic mass is 10.3. The molecule has 0 bridgehead atoms. The van der Waals surface area contributed by atoms with Gasteiger partial charge in [-0.2, -0.15) is 17.0 Å². The Labute approximate surface area is 75.7 Å². The maximum absolute atomic E-state index is 12.2. The van der Waals surface area contributed by atoms with Crippen LogP contribution in [-0.2, 0) is 0 Å². The second-order valence-electron chi connectivity index (χ2n) is 2.02. The van der Waals surface area contributed by atoms with Gasteiger partial charge in [-0.1, -0.05) is 11.8 Å². The van der Waals surface area contributed by atoms with Crippen molar-refractivity contribution in [1.29, 1.82) is 0 Å². The molecule has 0 N–H and O–H groups in total. The third-order valence-electron chi connectivity index (χ3n) is 1.09. The second kappa shape index (κ2) is 4.73. The van der Waals surface area contributed by atoms with Gasteiger partial charge in [-0.15, -0.1) is 0 Å². The van der Waals surface area contributed by atoms with Crippen molar-refractivity contribution < 1.29 is 4.39 Å². The molecule has 0 saturated heterocycles. The minimum atomic E-state index is -0.727. The van der Waals surface area contributed by atoms with Crippen molar-refractivity contribution in [3.05, 3.63) is 24.0 Å². The van der Waals surface area contributed by atoms with Crippen molar-refractivity contribution >= 4 is 12.6 Å².